The minimum atomic E-state index is -1.14. The van der Waals surface area contributed by atoms with Crippen LogP contribution >= 0.6 is 11.6 Å². The molecule has 76 valence electrons. The van der Waals surface area contributed by atoms with Crippen molar-refractivity contribution >= 4 is 17.6 Å². The van der Waals surface area contributed by atoms with Crippen LogP contribution in [0.3, 0.4) is 0 Å². The predicted octanol–water partition coefficient (Wildman–Crippen LogP) is 2.09. The summed E-state index contributed by atoms with van der Waals surface area (Å²) in [7, 11) is 0. The molecule has 0 radical (unpaired) electrons. The van der Waals surface area contributed by atoms with Crippen LogP contribution in [0.15, 0.2) is 29.2 Å². The lowest BCUT2D eigenvalue weighted by molar-refractivity contribution is 0.0690. The van der Waals surface area contributed by atoms with Crippen LogP contribution in [-0.4, -0.2) is 21.0 Å². The van der Waals surface area contributed by atoms with E-state index in [1.807, 2.05) is 0 Å². The lowest BCUT2D eigenvalue weighted by atomic mass is 10.2. The second-order valence-electron chi connectivity index (χ2n) is 2.73. The fourth-order valence-corrected chi connectivity index (χ4v) is 1.28. The van der Waals surface area contributed by atoms with Gasteiger partial charge in [0, 0.05) is 5.02 Å². The molecule has 15 heavy (non-hydrogen) atoms. The summed E-state index contributed by atoms with van der Waals surface area (Å²) in [6.45, 7) is 0. The highest BCUT2D eigenvalue weighted by Crippen LogP contribution is 2.20. The number of carbonyl (C=O) groups is 1. The van der Waals surface area contributed by atoms with Gasteiger partial charge >= 0.3 is 5.97 Å². The Bertz CT molecular complexity index is 496. The smallest absolute Gasteiger partial charge is 0.354 e. The molecule has 2 heterocycles. The Kier molecular flexibility index (Phi) is 2.39. The van der Waals surface area contributed by atoms with Crippen LogP contribution in [-0.2, 0) is 0 Å². The molecule has 2 aromatic rings. The Morgan fingerprint density at radius 2 is 2.20 bits per heavy atom. The van der Waals surface area contributed by atoms with Crippen molar-refractivity contribution in [3.8, 4) is 11.4 Å². The van der Waals surface area contributed by atoms with Gasteiger partial charge in [0.05, 0.1) is 5.69 Å². The summed E-state index contributed by atoms with van der Waals surface area (Å²) in [6.07, 6.45) is 2.60. The average molecular weight is 225 g/mol. The van der Waals surface area contributed by atoms with Crippen LogP contribution in [0, 0.1) is 0 Å². The van der Waals surface area contributed by atoms with Gasteiger partial charge in [-0.1, -0.05) is 11.6 Å². The SMILES string of the molecule is O=C(O)c1cc(Cl)cc(-c2cocn2)n1. The van der Waals surface area contributed by atoms with Crippen LogP contribution in [0.5, 0.6) is 0 Å². The molecule has 0 unspecified atom stereocenters. The van der Waals surface area contributed by atoms with Gasteiger partial charge in [-0.2, -0.15) is 0 Å². The highest BCUT2D eigenvalue weighted by molar-refractivity contribution is 6.31. The first-order valence-electron chi connectivity index (χ1n) is 3.96. The molecule has 2 aromatic heterocycles. The zero-order valence-corrected chi connectivity index (χ0v) is 8.10. The van der Waals surface area contributed by atoms with Crippen molar-refractivity contribution in [1.82, 2.24) is 9.97 Å². The molecule has 1 N–H and O–H groups in total. The molecule has 0 aliphatic carbocycles. The number of aromatic carboxylic acids is 1. The van der Waals surface area contributed by atoms with E-state index >= 15 is 0 Å². The summed E-state index contributed by atoms with van der Waals surface area (Å²) in [6, 6.07) is 2.79. The minimum Gasteiger partial charge on any atom is -0.477 e. The van der Waals surface area contributed by atoms with Crippen molar-refractivity contribution in [2.75, 3.05) is 0 Å². The lowest BCUT2D eigenvalue weighted by Gasteiger charge is -1.99. The fourth-order valence-electron chi connectivity index (χ4n) is 1.08. The molecule has 0 aliphatic heterocycles. The van der Waals surface area contributed by atoms with Gasteiger partial charge in [-0.3, -0.25) is 0 Å². The lowest BCUT2D eigenvalue weighted by Crippen LogP contribution is -2.01. The molecule has 0 atom stereocenters. The van der Waals surface area contributed by atoms with E-state index in [1.165, 1.54) is 24.8 Å². The van der Waals surface area contributed by atoms with Gasteiger partial charge in [0.25, 0.3) is 0 Å². The molecular formula is C9H5ClN2O3. The minimum absolute atomic E-state index is 0.125. The normalized spacial score (nSPS) is 10.2. The van der Waals surface area contributed by atoms with Gasteiger partial charge in [0.2, 0.25) is 0 Å². The van der Waals surface area contributed by atoms with Gasteiger partial charge < -0.3 is 9.52 Å². The summed E-state index contributed by atoms with van der Waals surface area (Å²) >= 11 is 5.75. The van der Waals surface area contributed by atoms with Crippen molar-refractivity contribution in [3.05, 3.63) is 35.5 Å². The molecule has 0 amide bonds. The number of carboxylic acid groups (broad SMARTS) is 1. The largest absolute Gasteiger partial charge is 0.477 e. The van der Waals surface area contributed by atoms with Crippen LogP contribution in [0.25, 0.3) is 11.4 Å². The van der Waals surface area contributed by atoms with Crippen LogP contribution in [0.1, 0.15) is 10.5 Å². The second kappa shape index (κ2) is 3.70. The number of carboxylic acids is 1. The van der Waals surface area contributed by atoms with Crippen LogP contribution in [0.4, 0.5) is 0 Å². The van der Waals surface area contributed by atoms with E-state index < -0.39 is 5.97 Å². The highest BCUT2D eigenvalue weighted by atomic mass is 35.5. The molecule has 0 aromatic carbocycles. The molecule has 6 heteroatoms. The summed E-state index contributed by atoms with van der Waals surface area (Å²) in [4.78, 5) is 18.4. The van der Waals surface area contributed by atoms with Crippen molar-refractivity contribution in [1.29, 1.82) is 0 Å². The number of oxazole rings is 1. The zero-order chi connectivity index (χ0) is 10.8. The van der Waals surface area contributed by atoms with Crippen molar-refractivity contribution < 1.29 is 14.3 Å². The number of pyridine rings is 1. The molecule has 0 saturated carbocycles. The molecule has 0 aliphatic rings. The van der Waals surface area contributed by atoms with E-state index in [9.17, 15) is 4.79 Å². The van der Waals surface area contributed by atoms with E-state index in [4.69, 9.17) is 21.1 Å². The predicted molar refractivity (Wildman–Crippen MR) is 51.7 cm³/mol. The molecule has 2 rings (SSSR count). The summed E-state index contributed by atoms with van der Waals surface area (Å²) in [5.41, 5.74) is 0.689. The Morgan fingerprint density at radius 3 is 2.80 bits per heavy atom. The highest BCUT2D eigenvalue weighted by Gasteiger charge is 2.10. The first-order chi connectivity index (χ1) is 7.16. The van der Waals surface area contributed by atoms with Gasteiger partial charge in [-0.25, -0.2) is 14.8 Å². The molecule has 5 nitrogen and oxygen atoms in total. The second-order valence-corrected chi connectivity index (χ2v) is 3.17. The number of rotatable bonds is 2. The van der Waals surface area contributed by atoms with Gasteiger partial charge in [-0.05, 0) is 12.1 Å². The maximum Gasteiger partial charge on any atom is 0.354 e. The molecule has 0 spiro atoms. The average Bonchev–Trinajstić information content (AvgIpc) is 2.69. The quantitative estimate of drug-likeness (QED) is 0.845. The molecule has 0 saturated heterocycles. The number of hydrogen-bond acceptors (Lipinski definition) is 4. The summed E-state index contributed by atoms with van der Waals surface area (Å²) in [5, 5.41) is 9.06. The Balaban J connectivity index is 2.54. The van der Waals surface area contributed by atoms with Crippen molar-refractivity contribution in [3.63, 3.8) is 0 Å². The molecular weight excluding hydrogens is 220 g/mol. The number of hydrogen-bond donors (Lipinski definition) is 1. The maximum absolute atomic E-state index is 10.7. The van der Waals surface area contributed by atoms with Crippen molar-refractivity contribution in [2.24, 2.45) is 0 Å². The van der Waals surface area contributed by atoms with Crippen LogP contribution < -0.4 is 0 Å². The Labute approximate surface area is 89.3 Å². The monoisotopic (exact) mass is 224 g/mol. The van der Waals surface area contributed by atoms with E-state index in [1.54, 1.807) is 0 Å². The number of halogens is 1. The first-order valence-corrected chi connectivity index (χ1v) is 4.34. The summed E-state index contributed by atoms with van der Waals surface area (Å²) in [5.74, 6) is -1.14. The van der Waals surface area contributed by atoms with E-state index in [0.29, 0.717) is 16.4 Å². The van der Waals surface area contributed by atoms with Gasteiger partial charge in [0.1, 0.15) is 17.7 Å². The third-order valence-electron chi connectivity index (χ3n) is 1.70. The Hall–Kier alpha value is -1.88. The topological polar surface area (TPSA) is 76.2 Å². The third-order valence-corrected chi connectivity index (χ3v) is 1.92. The fraction of sp³-hybridized carbons (Fsp3) is 0. The molecule has 0 bridgehead atoms. The van der Waals surface area contributed by atoms with Gasteiger partial charge in [-0.15, -0.1) is 0 Å². The van der Waals surface area contributed by atoms with Crippen molar-refractivity contribution in [2.45, 2.75) is 0 Å². The Morgan fingerprint density at radius 1 is 1.40 bits per heavy atom. The third kappa shape index (κ3) is 1.97. The van der Waals surface area contributed by atoms with Gasteiger partial charge in [0.15, 0.2) is 6.39 Å². The van der Waals surface area contributed by atoms with E-state index in [2.05, 4.69) is 9.97 Å². The van der Waals surface area contributed by atoms with Crippen LogP contribution in [0.2, 0.25) is 5.02 Å². The number of aromatic nitrogens is 2. The molecule has 0 fully saturated rings. The maximum atomic E-state index is 10.7. The first kappa shape index (κ1) is 9.67. The standard InChI is InChI=1S/C9H5ClN2O3/c10-5-1-6(8-3-15-4-11-8)12-7(2-5)9(13)14/h1-4H,(H,13,14). The van der Waals surface area contributed by atoms with E-state index in [-0.39, 0.29) is 5.69 Å². The zero-order valence-electron chi connectivity index (χ0n) is 7.35. The summed E-state index contributed by atoms with van der Waals surface area (Å²) < 4.78 is 4.77. The number of nitrogens with zero attached hydrogens (tertiary/aromatic N) is 2. The van der Waals surface area contributed by atoms with E-state index in [0.717, 1.165) is 0 Å².